The Morgan fingerprint density at radius 3 is 2.58 bits per heavy atom. The van der Waals surface area contributed by atoms with Crippen LogP contribution in [0.1, 0.15) is 79.8 Å². The number of carbonyl (C=O) groups excluding carboxylic acids is 1. The maximum atomic E-state index is 13.4. The third-order valence-corrected chi connectivity index (χ3v) is 7.96. The molecule has 38 heavy (non-hydrogen) atoms. The number of aryl methyl sites for hydroxylation is 1. The van der Waals surface area contributed by atoms with Gasteiger partial charge in [0.05, 0.1) is 6.61 Å². The summed E-state index contributed by atoms with van der Waals surface area (Å²) in [6.45, 7) is 6.48. The van der Waals surface area contributed by atoms with E-state index in [0.29, 0.717) is 30.2 Å². The van der Waals surface area contributed by atoms with Crippen molar-refractivity contribution in [3.63, 3.8) is 0 Å². The van der Waals surface area contributed by atoms with Crippen LogP contribution in [0.5, 0.6) is 0 Å². The largest absolute Gasteiger partial charge is 0.480 e. The van der Waals surface area contributed by atoms with Crippen LogP contribution < -0.4 is 5.32 Å². The summed E-state index contributed by atoms with van der Waals surface area (Å²) < 4.78 is 0. The lowest BCUT2D eigenvalue weighted by Gasteiger charge is -2.27. The fourth-order valence-electron chi connectivity index (χ4n) is 5.01. The van der Waals surface area contributed by atoms with Gasteiger partial charge in [0.2, 0.25) is 0 Å². The molecule has 3 rings (SSSR count). The topological polar surface area (TPSA) is 78.9 Å². The smallest absolute Gasteiger partial charge is 0.326 e. The number of unbranched alkanes of at least 4 members (excludes halogenated alkanes) is 1. The molecule has 1 saturated carbocycles. The number of carboxylic acid groups (broad SMARTS) is 1. The summed E-state index contributed by atoms with van der Waals surface area (Å²) in [5.41, 5.74) is 4.40. The van der Waals surface area contributed by atoms with Crippen LogP contribution in [0, 0.1) is 12.8 Å². The molecule has 0 unspecified atom stereocenters. The number of nitrogens with one attached hydrogen (secondary N) is 1. The summed E-state index contributed by atoms with van der Waals surface area (Å²) in [5, 5.41) is 14.5. The van der Waals surface area contributed by atoms with Crippen LogP contribution >= 0.6 is 11.8 Å². The van der Waals surface area contributed by atoms with Crippen LogP contribution in [0.2, 0.25) is 0 Å². The molecule has 1 atom stereocenters. The Morgan fingerprint density at radius 2 is 1.89 bits per heavy atom. The summed E-state index contributed by atoms with van der Waals surface area (Å²) in [6.07, 6.45) is 10.9. The molecule has 6 nitrogen and oxygen atoms in total. The van der Waals surface area contributed by atoms with Crippen LogP contribution in [0.25, 0.3) is 11.1 Å². The lowest BCUT2D eigenvalue weighted by atomic mass is 9.90. The fourth-order valence-corrected chi connectivity index (χ4v) is 5.48. The van der Waals surface area contributed by atoms with Gasteiger partial charge < -0.3 is 10.4 Å². The molecule has 0 bridgehead atoms. The molecule has 1 amide bonds. The van der Waals surface area contributed by atoms with E-state index in [1.807, 2.05) is 49.6 Å². The normalized spacial score (nSPS) is 14.9. The Morgan fingerprint density at radius 1 is 1.13 bits per heavy atom. The van der Waals surface area contributed by atoms with E-state index in [9.17, 15) is 14.7 Å². The van der Waals surface area contributed by atoms with Crippen molar-refractivity contribution in [2.24, 2.45) is 5.92 Å². The van der Waals surface area contributed by atoms with Gasteiger partial charge >= 0.3 is 5.97 Å². The summed E-state index contributed by atoms with van der Waals surface area (Å²) in [6, 6.07) is 12.9. The highest BCUT2D eigenvalue weighted by molar-refractivity contribution is 7.98. The number of benzene rings is 2. The molecular formula is C31H44N2O4S. The minimum absolute atomic E-state index is 0.361. The van der Waals surface area contributed by atoms with Crippen LogP contribution in [0.3, 0.4) is 0 Å². The molecule has 0 spiro atoms. The van der Waals surface area contributed by atoms with E-state index in [4.69, 9.17) is 4.84 Å². The molecule has 2 N–H and O–H groups in total. The van der Waals surface area contributed by atoms with E-state index < -0.39 is 12.0 Å². The maximum absolute atomic E-state index is 13.4. The zero-order valence-electron chi connectivity index (χ0n) is 23.2. The zero-order chi connectivity index (χ0) is 27.3. The fraction of sp³-hybridized carbons (Fsp3) is 0.548. The van der Waals surface area contributed by atoms with Crippen molar-refractivity contribution in [3.8, 4) is 11.1 Å². The van der Waals surface area contributed by atoms with E-state index in [0.717, 1.165) is 48.2 Å². The Hall–Kier alpha value is -2.35. The van der Waals surface area contributed by atoms with Crippen LogP contribution in [-0.2, 0) is 16.2 Å². The SMILES string of the molecule is CCCCN(Cc1ccc(C(=O)N[C@@H](CCSC)C(=O)O)c(-c2ccccc2C)c1)OCC1CCCCC1. The number of hydrogen-bond acceptors (Lipinski definition) is 5. The van der Waals surface area contributed by atoms with Crippen molar-refractivity contribution >= 4 is 23.6 Å². The van der Waals surface area contributed by atoms with Crippen molar-refractivity contribution in [2.45, 2.75) is 77.8 Å². The number of hydrogen-bond donors (Lipinski definition) is 2. The molecule has 7 heteroatoms. The van der Waals surface area contributed by atoms with Gasteiger partial charge in [0, 0.05) is 18.7 Å². The number of thioether (sulfide) groups is 1. The van der Waals surface area contributed by atoms with Crippen molar-refractivity contribution in [3.05, 3.63) is 59.2 Å². The molecule has 2 aromatic carbocycles. The molecule has 0 saturated heterocycles. The highest BCUT2D eigenvalue weighted by Gasteiger charge is 2.23. The van der Waals surface area contributed by atoms with E-state index in [-0.39, 0.29) is 5.91 Å². The third-order valence-electron chi connectivity index (χ3n) is 7.32. The van der Waals surface area contributed by atoms with Gasteiger partial charge in [-0.3, -0.25) is 9.63 Å². The first-order chi connectivity index (χ1) is 18.4. The van der Waals surface area contributed by atoms with Crippen molar-refractivity contribution in [2.75, 3.05) is 25.2 Å². The van der Waals surface area contributed by atoms with Crippen molar-refractivity contribution in [1.29, 1.82) is 0 Å². The molecule has 1 fully saturated rings. The number of rotatable bonds is 15. The Balaban J connectivity index is 1.85. The Labute approximate surface area is 232 Å². The monoisotopic (exact) mass is 540 g/mol. The number of aliphatic carboxylic acids is 1. The predicted octanol–water partition coefficient (Wildman–Crippen LogP) is 6.71. The highest BCUT2D eigenvalue weighted by atomic mass is 32.2. The summed E-state index contributed by atoms with van der Waals surface area (Å²) in [5.74, 6) is -0.0763. The molecule has 208 valence electrons. The van der Waals surface area contributed by atoms with Gasteiger partial charge in [0.25, 0.3) is 5.91 Å². The van der Waals surface area contributed by atoms with Gasteiger partial charge in [-0.05, 0) is 84.9 Å². The first-order valence-corrected chi connectivity index (χ1v) is 15.4. The third kappa shape index (κ3) is 9.14. The standard InChI is InChI=1S/C31H44N2O4S/c1-4-5-18-33(37-22-24-12-7-6-8-13-24)21-25-15-16-27(28(20-25)26-14-10-9-11-23(26)2)30(34)32-29(31(35)36)17-19-38-3/h9-11,14-16,20,24,29H,4-8,12-13,17-19,21-22H2,1-3H3,(H,32,34)(H,35,36)/t29-/m0/s1. The average molecular weight is 541 g/mol. The van der Waals surface area contributed by atoms with Gasteiger partial charge in [0.15, 0.2) is 0 Å². The lowest BCUT2D eigenvalue weighted by Crippen LogP contribution is -2.41. The molecule has 0 aromatic heterocycles. The molecule has 0 heterocycles. The minimum atomic E-state index is -1.01. The maximum Gasteiger partial charge on any atom is 0.326 e. The number of hydroxylamine groups is 2. The number of nitrogens with zero attached hydrogens (tertiary/aromatic N) is 1. The molecule has 0 aliphatic heterocycles. The van der Waals surface area contributed by atoms with Crippen molar-refractivity contribution in [1.82, 2.24) is 10.4 Å². The quantitative estimate of drug-likeness (QED) is 0.244. The molecule has 1 aliphatic carbocycles. The van der Waals surface area contributed by atoms with Gasteiger partial charge in [-0.2, -0.15) is 16.8 Å². The number of amides is 1. The second kappa shape index (κ2) is 15.9. The Kier molecular flexibility index (Phi) is 12.6. The van der Waals surface area contributed by atoms with Gasteiger partial charge in [-0.1, -0.05) is 62.9 Å². The number of carbonyl (C=O) groups is 2. The summed E-state index contributed by atoms with van der Waals surface area (Å²) in [7, 11) is 0. The average Bonchev–Trinajstić information content (AvgIpc) is 2.93. The van der Waals surface area contributed by atoms with Gasteiger partial charge in [-0.25, -0.2) is 4.79 Å². The second-order valence-electron chi connectivity index (χ2n) is 10.4. The zero-order valence-corrected chi connectivity index (χ0v) is 24.0. The number of carboxylic acids is 1. The second-order valence-corrected chi connectivity index (χ2v) is 11.3. The molecule has 1 aliphatic rings. The molecular weight excluding hydrogens is 496 g/mol. The van der Waals surface area contributed by atoms with E-state index >= 15 is 0 Å². The van der Waals surface area contributed by atoms with E-state index in [2.05, 4.69) is 23.4 Å². The first-order valence-electron chi connectivity index (χ1n) is 14.0. The van der Waals surface area contributed by atoms with Crippen LogP contribution in [0.4, 0.5) is 0 Å². The lowest BCUT2D eigenvalue weighted by molar-refractivity contribution is -0.179. The van der Waals surface area contributed by atoms with Crippen LogP contribution in [-0.4, -0.2) is 53.2 Å². The Bertz CT molecular complexity index is 1040. The minimum Gasteiger partial charge on any atom is -0.480 e. The van der Waals surface area contributed by atoms with Gasteiger partial charge in [-0.15, -0.1) is 0 Å². The van der Waals surface area contributed by atoms with E-state index in [1.54, 1.807) is 11.8 Å². The molecule has 2 aromatic rings. The highest BCUT2D eigenvalue weighted by Crippen LogP contribution is 2.29. The van der Waals surface area contributed by atoms with E-state index in [1.165, 1.54) is 32.1 Å². The first kappa shape index (κ1) is 30.2. The van der Waals surface area contributed by atoms with Gasteiger partial charge in [0.1, 0.15) is 6.04 Å². The van der Waals surface area contributed by atoms with Crippen LogP contribution in [0.15, 0.2) is 42.5 Å². The summed E-state index contributed by atoms with van der Waals surface area (Å²) >= 11 is 1.57. The summed E-state index contributed by atoms with van der Waals surface area (Å²) in [4.78, 5) is 31.5. The predicted molar refractivity (Wildman–Crippen MR) is 156 cm³/mol. The molecule has 0 radical (unpaired) electrons. The van der Waals surface area contributed by atoms with Crippen molar-refractivity contribution < 1.29 is 19.5 Å².